The van der Waals surface area contributed by atoms with Crippen molar-refractivity contribution in [3.8, 4) is 0 Å². The van der Waals surface area contributed by atoms with Crippen LogP contribution in [0.1, 0.15) is 40.4 Å². The number of para-hydroxylation sites is 2. The molecule has 25 heavy (non-hydrogen) atoms. The van der Waals surface area contributed by atoms with Crippen molar-refractivity contribution in [1.29, 1.82) is 0 Å². The lowest BCUT2D eigenvalue weighted by Gasteiger charge is -2.32. The molecule has 1 aliphatic heterocycles. The summed E-state index contributed by atoms with van der Waals surface area (Å²) < 4.78 is 1.86. The van der Waals surface area contributed by atoms with Gasteiger partial charge in [-0.25, -0.2) is 4.79 Å². The van der Waals surface area contributed by atoms with Gasteiger partial charge < -0.3 is 9.88 Å². The van der Waals surface area contributed by atoms with E-state index >= 15 is 0 Å². The third kappa shape index (κ3) is 2.91. The van der Waals surface area contributed by atoms with Crippen molar-refractivity contribution in [3.63, 3.8) is 0 Å². The molecule has 0 spiro atoms. The van der Waals surface area contributed by atoms with Gasteiger partial charge in [0, 0.05) is 24.0 Å². The summed E-state index contributed by atoms with van der Waals surface area (Å²) in [7, 11) is 0. The van der Waals surface area contributed by atoms with E-state index in [1.165, 1.54) is 4.88 Å². The predicted octanol–water partition coefficient (Wildman–Crippen LogP) is 3.43. The van der Waals surface area contributed by atoms with Crippen molar-refractivity contribution in [3.05, 3.63) is 56.6 Å². The molecule has 1 aliphatic rings. The Bertz CT molecular complexity index is 960. The van der Waals surface area contributed by atoms with E-state index in [1.54, 1.807) is 11.3 Å². The molecule has 1 N–H and O–H groups in total. The van der Waals surface area contributed by atoms with E-state index in [-0.39, 0.29) is 17.6 Å². The second-order valence-corrected chi connectivity index (χ2v) is 7.63. The molecule has 0 unspecified atom stereocenters. The number of thiophene rings is 1. The predicted molar refractivity (Wildman–Crippen MR) is 100 cm³/mol. The number of fused-ring (bicyclic) bond motifs is 1. The fraction of sp³-hybridized carbons (Fsp3) is 0.368. The number of imidazole rings is 1. The minimum absolute atomic E-state index is 0.0585. The van der Waals surface area contributed by atoms with Gasteiger partial charge >= 0.3 is 5.69 Å². The van der Waals surface area contributed by atoms with Crippen molar-refractivity contribution in [1.82, 2.24) is 14.5 Å². The van der Waals surface area contributed by atoms with Crippen molar-refractivity contribution in [2.45, 2.75) is 32.2 Å². The number of hydrogen-bond donors (Lipinski definition) is 1. The normalized spacial score (nSPS) is 15.8. The van der Waals surface area contributed by atoms with Gasteiger partial charge in [-0.05, 0) is 43.5 Å². The van der Waals surface area contributed by atoms with E-state index < -0.39 is 0 Å². The molecule has 1 aromatic carbocycles. The van der Waals surface area contributed by atoms with Crippen molar-refractivity contribution < 1.29 is 4.79 Å². The highest BCUT2D eigenvalue weighted by molar-refractivity contribution is 7.14. The van der Waals surface area contributed by atoms with Crippen LogP contribution in [-0.2, 0) is 6.42 Å². The van der Waals surface area contributed by atoms with E-state index in [2.05, 4.69) is 11.9 Å². The summed E-state index contributed by atoms with van der Waals surface area (Å²) in [6.45, 7) is 3.48. The van der Waals surface area contributed by atoms with Crippen LogP contribution >= 0.6 is 11.3 Å². The molecule has 5 nitrogen and oxygen atoms in total. The van der Waals surface area contributed by atoms with Gasteiger partial charge in [0.25, 0.3) is 5.91 Å². The number of carbonyl (C=O) groups excluding carboxylic acids is 1. The number of nitrogens with zero attached hydrogens (tertiary/aromatic N) is 2. The van der Waals surface area contributed by atoms with E-state index in [4.69, 9.17) is 0 Å². The molecular formula is C19H21N3O2S. The van der Waals surface area contributed by atoms with Crippen molar-refractivity contribution in [2.75, 3.05) is 13.1 Å². The average Bonchev–Trinajstić information content (AvgIpc) is 3.25. The number of aryl methyl sites for hydroxylation is 1. The van der Waals surface area contributed by atoms with Crippen molar-refractivity contribution >= 4 is 28.3 Å². The summed E-state index contributed by atoms with van der Waals surface area (Å²) >= 11 is 1.59. The Balaban J connectivity index is 1.50. The van der Waals surface area contributed by atoms with Crippen LogP contribution < -0.4 is 5.69 Å². The molecule has 130 valence electrons. The Hall–Kier alpha value is -2.34. The molecule has 0 saturated carbocycles. The first kappa shape index (κ1) is 16.1. The van der Waals surface area contributed by atoms with Gasteiger partial charge in [-0.3, -0.25) is 9.36 Å². The summed E-state index contributed by atoms with van der Waals surface area (Å²) in [5, 5.41) is 0. The van der Waals surface area contributed by atoms with Crippen LogP contribution in [0.25, 0.3) is 11.0 Å². The number of H-pyrrole nitrogens is 1. The quantitative estimate of drug-likeness (QED) is 0.782. The standard InChI is InChI=1S/C19H21N3O2S/c1-2-14-7-8-17(25-14)18(23)21-11-9-13(10-12-21)22-16-6-4-3-5-15(16)20-19(22)24/h3-8,13H,2,9-12H2,1H3,(H,20,24). The van der Waals surface area contributed by atoms with Gasteiger partial charge in [-0.1, -0.05) is 19.1 Å². The highest BCUT2D eigenvalue weighted by atomic mass is 32.1. The minimum Gasteiger partial charge on any atom is -0.338 e. The zero-order chi connectivity index (χ0) is 17.4. The Kier molecular flexibility index (Phi) is 4.21. The maximum Gasteiger partial charge on any atom is 0.326 e. The zero-order valence-corrected chi connectivity index (χ0v) is 15.0. The van der Waals surface area contributed by atoms with Gasteiger partial charge in [-0.2, -0.15) is 0 Å². The van der Waals surface area contributed by atoms with Crippen LogP contribution in [0.3, 0.4) is 0 Å². The maximum atomic E-state index is 12.7. The monoisotopic (exact) mass is 355 g/mol. The van der Waals surface area contributed by atoms with E-state index in [0.717, 1.165) is 35.2 Å². The molecule has 3 heterocycles. The number of piperidine rings is 1. The van der Waals surface area contributed by atoms with Crippen LogP contribution in [0.5, 0.6) is 0 Å². The molecule has 0 atom stereocenters. The lowest BCUT2D eigenvalue weighted by Crippen LogP contribution is -2.40. The fourth-order valence-electron chi connectivity index (χ4n) is 3.60. The number of benzene rings is 1. The molecule has 0 radical (unpaired) electrons. The van der Waals surface area contributed by atoms with Crippen LogP contribution in [0.2, 0.25) is 0 Å². The molecule has 1 saturated heterocycles. The largest absolute Gasteiger partial charge is 0.338 e. The van der Waals surface area contributed by atoms with Gasteiger partial charge in [0.2, 0.25) is 0 Å². The number of amides is 1. The second kappa shape index (κ2) is 6.52. The zero-order valence-electron chi connectivity index (χ0n) is 14.2. The van der Waals surface area contributed by atoms with Crippen LogP contribution in [0.4, 0.5) is 0 Å². The van der Waals surface area contributed by atoms with Crippen molar-refractivity contribution in [2.24, 2.45) is 0 Å². The lowest BCUT2D eigenvalue weighted by atomic mass is 10.0. The lowest BCUT2D eigenvalue weighted by molar-refractivity contribution is 0.0700. The first-order chi connectivity index (χ1) is 12.2. The molecular weight excluding hydrogens is 334 g/mol. The van der Waals surface area contributed by atoms with Crippen LogP contribution in [0.15, 0.2) is 41.2 Å². The van der Waals surface area contributed by atoms with Gasteiger partial charge in [0.05, 0.1) is 15.9 Å². The Morgan fingerprint density at radius 3 is 2.68 bits per heavy atom. The molecule has 0 aliphatic carbocycles. The smallest absolute Gasteiger partial charge is 0.326 e. The molecule has 1 amide bonds. The highest BCUT2D eigenvalue weighted by Crippen LogP contribution is 2.27. The van der Waals surface area contributed by atoms with E-state index in [1.807, 2.05) is 45.9 Å². The minimum atomic E-state index is -0.0585. The van der Waals surface area contributed by atoms with Gasteiger partial charge in [-0.15, -0.1) is 11.3 Å². The maximum absolute atomic E-state index is 12.7. The summed E-state index contributed by atoms with van der Waals surface area (Å²) in [5.74, 6) is 0.120. The number of hydrogen-bond acceptors (Lipinski definition) is 3. The third-order valence-corrected chi connectivity index (χ3v) is 6.18. The average molecular weight is 355 g/mol. The molecule has 1 fully saturated rings. The highest BCUT2D eigenvalue weighted by Gasteiger charge is 2.27. The van der Waals surface area contributed by atoms with Gasteiger partial charge in [0.15, 0.2) is 0 Å². The Labute approximate surface area is 149 Å². The number of aromatic amines is 1. The topological polar surface area (TPSA) is 58.1 Å². The Morgan fingerprint density at radius 1 is 1.20 bits per heavy atom. The number of aromatic nitrogens is 2. The number of carbonyl (C=O) groups is 1. The molecule has 2 aromatic heterocycles. The first-order valence-electron chi connectivity index (χ1n) is 8.74. The summed E-state index contributed by atoms with van der Waals surface area (Å²) in [6, 6.07) is 11.9. The van der Waals surface area contributed by atoms with E-state index in [9.17, 15) is 9.59 Å². The third-order valence-electron chi connectivity index (χ3n) is 4.96. The molecule has 3 aromatic rings. The Morgan fingerprint density at radius 2 is 1.96 bits per heavy atom. The first-order valence-corrected chi connectivity index (χ1v) is 9.56. The SMILES string of the molecule is CCc1ccc(C(=O)N2CCC(n3c(=O)[nH]c4ccccc43)CC2)s1. The molecule has 4 rings (SSSR count). The summed E-state index contributed by atoms with van der Waals surface area (Å²) in [4.78, 5) is 31.9. The van der Waals surface area contributed by atoms with Crippen LogP contribution in [0, 0.1) is 0 Å². The summed E-state index contributed by atoms with van der Waals surface area (Å²) in [5.41, 5.74) is 1.76. The molecule has 6 heteroatoms. The fourth-order valence-corrected chi connectivity index (χ4v) is 4.52. The molecule has 0 bridgehead atoms. The number of likely N-dealkylation sites (tertiary alicyclic amines) is 1. The number of nitrogens with one attached hydrogen (secondary N) is 1. The summed E-state index contributed by atoms with van der Waals surface area (Å²) in [6.07, 6.45) is 2.57. The number of rotatable bonds is 3. The second-order valence-electron chi connectivity index (χ2n) is 6.46. The van der Waals surface area contributed by atoms with E-state index in [0.29, 0.717) is 13.1 Å². The van der Waals surface area contributed by atoms with Crippen LogP contribution in [-0.4, -0.2) is 33.4 Å². The van der Waals surface area contributed by atoms with Gasteiger partial charge in [0.1, 0.15) is 0 Å².